The third-order valence-electron chi connectivity index (χ3n) is 7.20. The quantitative estimate of drug-likeness (QED) is 0.103. The Morgan fingerprint density at radius 3 is 1.12 bits per heavy atom. The van der Waals surface area contributed by atoms with Crippen LogP contribution in [-0.2, 0) is 4.75 Å². The molecule has 0 nitrogen and oxygen atoms in total. The summed E-state index contributed by atoms with van der Waals surface area (Å²) in [5.74, 6) is 0. The van der Waals surface area contributed by atoms with E-state index in [1.54, 1.807) is 0 Å². The van der Waals surface area contributed by atoms with E-state index in [0.29, 0.717) is 0 Å². The highest BCUT2D eigenvalue weighted by Gasteiger charge is 2.26. The van der Waals surface area contributed by atoms with E-state index in [-0.39, 0.29) is 21.7 Å². The second kappa shape index (κ2) is 23.8. The number of benzene rings is 1. The Balaban J connectivity index is 0.0000102. The summed E-state index contributed by atoms with van der Waals surface area (Å²) in [6, 6.07) is 11.1. The number of rotatable bonds is 23. The topological polar surface area (TPSA) is 0 Å². The summed E-state index contributed by atoms with van der Waals surface area (Å²) < 4.78 is 0.0710. The molecule has 2 heteroatoms. The minimum Gasteiger partial charge on any atom is -0.168 e. The van der Waals surface area contributed by atoms with Crippen LogP contribution in [0.2, 0.25) is 0 Å². The summed E-state index contributed by atoms with van der Waals surface area (Å²) in [4.78, 5) is 0. The van der Waals surface area contributed by atoms with Gasteiger partial charge in [-0.25, -0.2) is 0 Å². The molecule has 0 fully saturated rings. The number of hydrogen-bond donors (Lipinski definition) is 1. The van der Waals surface area contributed by atoms with Gasteiger partial charge in [0.05, 0.1) is 0 Å². The maximum Gasteiger partial charge on any atom is 0.0378 e. The Bertz CT molecular complexity index is 477. The van der Waals surface area contributed by atoms with Crippen molar-refractivity contribution >= 4 is 29.6 Å². The third kappa shape index (κ3) is 18.0. The van der Waals surface area contributed by atoms with Gasteiger partial charge in [0.15, 0.2) is 0 Å². The lowest BCUT2D eigenvalue weighted by molar-refractivity contribution is 0.453. The van der Waals surface area contributed by atoms with Gasteiger partial charge in [0, 0.05) is 4.75 Å². The molecule has 0 aliphatic heterocycles. The van der Waals surface area contributed by atoms with Crippen LogP contribution in [0.1, 0.15) is 161 Å². The van der Waals surface area contributed by atoms with Crippen LogP contribution in [0.5, 0.6) is 0 Å². The summed E-state index contributed by atoms with van der Waals surface area (Å²) >= 11 is 5.29. The highest BCUT2D eigenvalue weighted by Crippen LogP contribution is 2.39. The van der Waals surface area contributed by atoms with Gasteiger partial charge >= 0.3 is 0 Å². The highest BCUT2D eigenvalue weighted by molar-refractivity contribution is 8.93. The molecule has 0 bridgehead atoms. The summed E-state index contributed by atoms with van der Waals surface area (Å²) in [6.07, 6.45) is 30.6. The zero-order valence-electron chi connectivity index (χ0n) is 22.3. The largest absolute Gasteiger partial charge is 0.168 e. The van der Waals surface area contributed by atoms with Gasteiger partial charge in [0.1, 0.15) is 0 Å². The van der Waals surface area contributed by atoms with Crippen LogP contribution >= 0.6 is 29.6 Å². The molecular formula is C31H57BrS. The molecule has 0 aliphatic carbocycles. The maximum atomic E-state index is 5.29. The van der Waals surface area contributed by atoms with Crippen LogP contribution in [0.4, 0.5) is 0 Å². The fourth-order valence-electron chi connectivity index (χ4n) is 4.97. The van der Waals surface area contributed by atoms with Gasteiger partial charge in [-0.3, -0.25) is 0 Å². The molecular weight excluding hydrogens is 484 g/mol. The zero-order valence-corrected chi connectivity index (χ0v) is 24.9. The third-order valence-corrected chi connectivity index (χ3v) is 7.90. The van der Waals surface area contributed by atoms with Crippen molar-refractivity contribution in [3.8, 4) is 0 Å². The van der Waals surface area contributed by atoms with Crippen molar-refractivity contribution in [3.05, 3.63) is 35.9 Å². The molecule has 0 atom stereocenters. The van der Waals surface area contributed by atoms with Gasteiger partial charge in [-0.15, -0.1) is 17.0 Å². The van der Waals surface area contributed by atoms with Crippen molar-refractivity contribution < 1.29 is 0 Å². The number of unbranched alkanes of at least 4 members (excludes halogenated alkanes) is 18. The Kier molecular flexibility index (Phi) is 23.8. The molecule has 0 heterocycles. The van der Waals surface area contributed by atoms with E-state index in [0.717, 1.165) is 0 Å². The molecule has 0 N–H and O–H groups in total. The first-order valence-corrected chi connectivity index (χ1v) is 15.0. The lowest BCUT2D eigenvalue weighted by Crippen LogP contribution is -2.19. The Morgan fingerprint density at radius 2 is 0.788 bits per heavy atom. The summed E-state index contributed by atoms with van der Waals surface area (Å²) in [5.41, 5.74) is 1.44. The van der Waals surface area contributed by atoms with Gasteiger partial charge in [0.2, 0.25) is 0 Å². The summed E-state index contributed by atoms with van der Waals surface area (Å²) in [5, 5.41) is 0. The monoisotopic (exact) mass is 540 g/mol. The molecule has 194 valence electrons. The van der Waals surface area contributed by atoms with E-state index in [4.69, 9.17) is 12.6 Å². The summed E-state index contributed by atoms with van der Waals surface area (Å²) in [6.45, 7) is 4.60. The molecule has 0 amide bonds. The van der Waals surface area contributed by atoms with E-state index < -0.39 is 0 Å². The molecule has 0 unspecified atom stereocenters. The second-order valence-corrected chi connectivity index (χ2v) is 11.1. The summed E-state index contributed by atoms with van der Waals surface area (Å²) in [7, 11) is 0. The van der Waals surface area contributed by atoms with Gasteiger partial charge in [-0.2, -0.15) is 12.6 Å². The van der Waals surface area contributed by atoms with Gasteiger partial charge in [-0.1, -0.05) is 173 Å². The van der Waals surface area contributed by atoms with Crippen molar-refractivity contribution in [1.29, 1.82) is 0 Å². The average Bonchev–Trinajstić information content (AvgIpc) is 2.82. The molecule has 1 aromatic carbocycles. The van der Waals surface area contributed by atoms with E-state index in [9.17, 15) is 0 Å². The molecule has 0 spiro atoms. The van der Waals surface area contributed by atoms with Crippen LogP contribution in [0.25, 0.3) is 0 Å². The molecule has 0 aliphatic rings. The van der Waals surface area contributed by atoms with E-state index in [2.05, 4.69) is 44.2 Å². The van der Waals surface area contributed by atoms with E-state index in [1.807, 2.05) is 0 Å². The smallest absolute Gasteiger partial charge is 0.0378 e. The van der Waals surface area contributed by atoms with Crippen molar-refractivity contribution in [1.82, 2.24) is 0 Å². The first-order chi connectivity index (χ1) is 15.7. The fourth-order valence-corrected chi connectivity index (χ4v) is 5.44. The van der Waals surface area contributed by atoms with Crippen LogP contribution in [0.3, 0.4) is 0 Å². The SMILES string of the molecule is Br.CCCCCCCCCCCCC(S)(CCCCCCCCCCCC)c1ccccc1. The molecule has 0 radical (unpaired) electrons. The van der Waals surface area contributed by atoms with E-state index in [1.165, 1.54) is 147 Å². The maximum absolute atomic E-state index is 5.29. The minimum atomic E-state index is 0. The lowest BCUT2D eigenvalue weighted by Gasteiger charge is -2.29. The normalized spacial score (nSPS) is 11.5. The van der Waals surface area contributed by atoms with Crippen molar-refractivity contribution in [2.24, 2.45) is 0 Å². The standard InChI is InChI=1S/C31H56S.BrH/c1-3-5-7-9-11-13-15-17-19-24-28-31(32,30-26-22-21-23-27-30)29-25-20-18-16-14-12-10-8-6-4-2;/h21-23,26-27,32H,3-20,24-25,28-29H2,1-2H3;1H. The predicted molar refractivity (Wildman–Crippen MR) is 160 cm³/mol. The van der Waals surface area contributed by atoms with Gasteiger partial charge < -0.3 is 0 Å². The van der Waals surface area contributed by atoms with Crippen LogP contribution < -0.4 is 0 Å². The van der Waals surface area contributed by atoms with Crippen LogP contribution in [0, 0.1) is 0 Å². The van der Waals surface area contributed by atoms with Gasteiger partial charge in [0.25, 0.3) is 0 Å². The molecule has 33 heavy (non-hydrogen) atoms. The van der Waals surface area contributed by atoms with Crippen LogP contribution in [-0.4, -0.2) is 0 Å². The molecule has 0 aromatic heterocycles. The first-order valence-electron chi connectivity index (χ1n) is 14.5. The number of halogens is 1. The van der Waals surface area contributed by atoms with Crippen molar-refractivity contribution in [3.63, 3.8) is 0 Å². The van der Waals surface area contributed by atoms with Crippen molar-refractivity contribution in [2.75, 3.05) is 0 Å². The minimum absolute atomic E-state index is 0. The Morgan fingerprint density at radius 1 is 0.485 bits per heavy atom. The highest BCUT2D eigenvalue weighted by atomic mass is 79.9. The van der Waals surface area contributed by atoms with Crippen molar-refractivity contribution in [2.45, 2.75) is 160 Å². The fraction of sp³-hybridized carbons (Fsp3) is 0.806. The first kappa shape index (κ1) is 33.0. The molecule has 0 saturated heterocycles. The van der Waals surface area contributed by atoms with E-state index >= 15 is 0 Å². The number of hydrogen-bond acceptors (Lipinski definition) is 1. The molecule has 1 aromatic rings. The number of thiol groups is 1. The predicted octanol–water partition coefficient (Wildman–Crippen LogP) is 12.0. The Labute approximate surface area is 224 Å². The second-order valence-electron chi connectivity index (χ2n) is 10.3. The zero-order chi connectivity index (χ0) is 23.2. The average molecular weight is 542 g/mol. The van der Waals surface area contributed by atoms with Gasteiger partial charge in [-0.05, 0) is 18.4 Å². The van der Waals surface area contributed by atoms with Crippen LogP contribution in [0.15, 0.2) is 30.3 Å². The molecule has 0 saturated carbocycles. The Hall–Kier alpha value is 0.0500. The lowest BCUT2D eigenvalue weighted by atomic mass is 9.87. The molecule has 1 rings (SSSR count).